The van der Waals surface area contributed by atoms with E-state index in [4.69, 9.17) is 4.74 Å². The smallest absolute Gasteiger partial charge is 0.497 e. The third-order valence-corrected chi connectivity index (χ3v) is 3.51. The van der Waals surface area contributed by atoms with E-state index in [1.165, 1.54) is 19.2 Å². The third kappa shape index (κ3) is 6.29. The summed E-state index contributed by atoms with van der Waals surface area (Å²) in [5.74, 6) is -0.0541. The van der Waals surface area contributed by atoms with Crippen molar-refractivity contribution in [2.24, 2.45) is 0 Å². The Kier molecular flexibility index (Phi) is 6.46. The zero-order valence-corrected chi connectivity index (χ0v) is 13.9. The van der Waals surface area contributed by atoms with Gasteiger partial charge in [-0.15, -0.1) is 13.2 Å². The molecule has 8 heteroatoms. The summed E-state index contributed by atoms with van der Waals surface area (Å²) in [5, 5.41) is 12.6. The number of aliphatic hydroxyl groups is 1. The molecule has 0 aliphatic heterocycles. The summed E-state index contributed by atoms with van der Waals surface area (Å²) in [6, 6.07) is 11.8. The van der Waals surface area contributed by atoms with Gasteiger partial charge < -0.3 is 19.9 Å². The van der Waals surface area contributed by atoms with Crippen molar-refractivity contribution in [2.75, 3.05) is 13.7 Å². The standard InChI is InChI=1S/C18H18F3NO4/c1-25-14-8-4-13(5-9-14)16(23)11-22-17(24)10-12-2-6-15(7-3-12)26-18(19,20)21/h2-9,16,23H,10-11H2,1H3,(H,22,24). The third-order valence-electron chi connectivity index (χ3n) is 3.51. The van der Waals surface area contributed by atoms with Crippen molar-refractivity contribution in [3.05, 3.63) is 59.7 Å². The molecular weight excluding hydrogens is 351 g/mol. The van der Waals surface area contributed by atoms with Crippen molar-refractivity contribution < 1.29 is 32.5 Å². The lowest BCUT2D eigenvalue weighted by Crippen LogP contribution is -2.29. The zero-order valence-electron chi connectivity index (χ0n) is 13.9. The molecular formula is C18H18F3NO4. The van der Waals surface area contributed by atoms with Crippen molar-refractivity contribution in [3.63, 3.8) is 0 Å². The lowest BCUT2D eigenvalue weighted by molar-refractivity contribution is -0.274. The van der Waals surface area contributed by atoms with Gasteiger partial charge in [0.2, 0.25) is 5.91 Å². The van der Waals surface area contributed by atoms with E-state index >= 15 is 0 Å². The SMILES string of the molecule is COc1ccc(C(O)CNC(=O)Cc2ccc(OC(F)(F)F)cc2)cc1. The second-order valence-corrected chi connectivity index (χ2v) is 5.46. The second-order valence-electron chi connectivity index (χ2n) is 5.46. The molecule has 0 heterocycles. The first-order valence-electron chi connectivity index (χ1n) is 7.70. The molecule has 140 valence electrons. The average molecular weight is 369 g/mol. The molecule has 0 radical (unpaired) electrons. The minimum absolute atomic E-state index is 0.0143. The van der Waals surface area contributed by atoms with Gasteiger partial charge >= 0.3 is 6.36 Å². The van der Waals surface area contributed by atoms with Gasteiger partial charge in [-0.2, -0.15) is 0 Å². The number of halogens is 3. The Morgan fingerprint density at radius 3 is 2.19 bits per heavy atom. The van der Waals surface area contributed by atoms with Gasteiger partial charge in [0.05, 0.1) is 19.6 Å². The van der Waals surface area contributed by atoms with Crippen LogP contribution < -0.4 is 14.8 Å². The number of carbonyl (C=O) groups excluding carboxylic acids is 1. The molecule has 0 saturated heterocycles. The van der Waals surface area contributed by atoms with Crippen LogP contribution in [0, 0.1) is 0 Å². The Morgan fingerprint density at radius 1 is 1.08 bits per heavy atom. The van der Waals surface area contributed by atoms with E-state index in [0.29, 0.717) is 16.9 Å². The second kappa shape index (κ2) is 8.57. The summed E-state index contributed by atoms with van der Waals surface area (Å²) in [4.78, 5) is 11.9. The van der Waals surface area contributed by atoms with Gasteiger partial charge in [0, 0.05) is 6.54 Å². The molecule has 0 aliphatic carbocycles. The maximum Gasteiger partial charge on any atom is 0.573 e. The first kappa shape index (κ1) is 19.6. The molecule has 0 bridgehead atoms. The number of alkyl halides is 3. The molecule has 0 aliphatic rings. The van der Waals surface area contributed by atoms with Crippen molar-refractivity contribution in [1.82, 2.24) is 5.32 Å². The number of amides is 1. The number of carbonyl (C=O) groups is 1. The van der Waals surface area contributed by atoms with Crippen molar-refractivity contribution in [2.45, 2.75) is 18.9 Å². The minimum atomic E-state index is -4.75. The molecule has 0 spiro atoms. The van der Waals surface area contributed by atoms with Crippen LogP contribution in [0.25, 0.3) is 0 Å². The maximum absolute atomic E-state index is 12.1. The molecule has 2 rings (SSSR count). The van der Waals surface area contributed by atoms with Crippen LogP contribution in [0.5, 0.6) is 11.5 Å². The molecule has 0 saturated carbocycles. The normalized spacial score (nSPS) is 12.3. The molecule has 5 nitrogen and oxygen atoms in total. The quantitative estimate of drug-likeness (QED) is 0.787. The zero-order chi connectivity index (χ0) is 19.2. The summed E-state index contributed by atoms with van der Waals surface area (Å²) < 4.78 is 45.1. The summed E-state index contributed by atoms with van der Waals surface area (Å²) in [6.07, 6.45) is -5.66. The highest BCUT2D eigenvalue weighted by Crippen LogP contribution is 2.23. The molecule has 2 aromatic rings. The van der Waals surface area contributed by atoms with Crippen molar-refractivity contribution in [1.29, 1.82) is 0 Å². The van der Waals surface area contributed by atoms with Gasteiger partial charge in [-0.05, 0) is 35.4 Å². The number of hydrogen-bond donors (Lipinski definition) is 2. The highest BCUT2D eigenvalue weighted by atomic mass is 19.4. The van der Waals surface area contributed by atoms with Crippen molar-refractivity contribution >= 4 is 5.91 Å². The number of nitrogens with one attached hydrogen (secondary N) is 1. The molecule has 2 aromatic carbocycles. The van der Waals surface area contributed by atoms with Gasteiger partial charge in [-0.3, -0.25) is 4.79 Å². The van der Waals surface area contributed by atoms with Crippen LogP contribution in [0.1, 0.15) is 17.2 Å². The fourth-order valence-corrected chi connectivity index (χ4v) is 2.21. The van der Waals surface area contributed by atoms with Gasteiger partial charge in [-0.1, -0.05) is 24.3 Å². The molecule has 26 heavy (non-hydrogen) atoms. The lowest BCUT2D eigenvalue weighted by Gasteiger charge is -2.13. The average Bonchev–Trinajstić information content (AvgIpc) is 2.60. The van der Waals surface area contributed by atoms with E-state index < -0.39 is 12.5 Å². The first-order chi connectivity index (χ1) is 12.3. The molecule has 1 amide bonds. The van der Waals surface area contributed by atoms with Crippen LogP contribution in [0.4, 0.5) is 13.2 Å². The molecule has 0 fully saturated rings. The van der Waals surface area contributed by atoms with Gasteiger partial charge in [0.15, 0.2) is 0 Å². The van der Waals surface area contributed by atoms with Crippen LogP contribution in [0.2, 0.25) is 0 Å². The van der Waals surface area contributed by atoms with E-state index in [-0.39, 0.29) is 24.6 Å². The van der Waals surface area contributed by atoms with E-state index in [1.807, 2.05) is 0 Å². The fraction of sp³-hybridized carbons (Fsp3) is 0.278. The lowest BCUT2D eigenvalue weighted by atomic mass is 10.1. The predicted molar refractivity (Wildman–Crippen MR) is 87.8 cm³/mol. The number of methoxy groups -OCH3 is 1. The first-order valence-corrected chi connectivity index (χ1v) is 7.70. The van der Waals surface area contributed by atoms with Crippen LogP contribution in [0.15, 0.2) is 48.5 Å². The van der Waals surface area contributed by atoms with E-state index in [1.54, 1.807) is 24.3 Å². The van der Waals surface area contributed by atoms with E-state index in [2.05, 4.69) is 10.1 Å². The molecule has 1 unspecified atom stereocenters. The topological polar surface area (TPSA) is 67.8 Å². The van der Waals surface area contributed by atoms with Crippen LogP contribution in [-0.4, -0.2) is 31.0 Å². The Balaban J connectivity index is 1.82. The number of ether oxygens (including phenoxy) is 2. The Labute approximate surface area is 148 Å². The Bertz CT molecular complexity index is 715. The maximum atomic E-state index is 12.1. The van der Waals surface area contributed by atoms with E-state index in [9.17, 15) is 23.1 Å². The highest BCUT2D eigenvalue weighted by molar-refractivity contribution is 5.78. The predicted octanol–water partition coefficient (Wildman–Crippen LogP) is 2.99. The largest absolute Gasteiger partial charge is 0.573 e. The van der Waals surface area contributed by atoms with Crippen LogP contribution >= 0.6 is 0 Å². The van der Waals surface area contributed by atoms with Crippen LogP contribution in [0.3, 0.4) is 0 Å². The number of rotatable bonds is 7. The highest BCUT2D eigenvalue weighted by Gasteiger charge is 2.30. The monoisotopic (exact) mass is 369 g/mol. The Morgan fingerprint density at radius 2 is 1.65 bits per heavy atom. The minimum Gasteiger partial charge on any atom is -0.497 e. The fourth-order valence-electron chi connectivity index (χ4n) is 2.21. The summed E-state index contributed by atoms with van der Waals surface area (Å²) in [6.45, 7) is 0.0143. The summed E-state index contributed by atoms with van der Waals surface area (Å²) in [5.41, 5.74) is 1.15. The Hall–Kier alpha value is -2.74. The van der Waals surface area contributed by atoms with Crippen LogP contribution in [-0.2, 0) is 11.2 Å². The van der Waals surface area contributed by atoms with Crippen molar-refractivity contribution in [3.8, 4) is 11.5 Å². The number of hydrogen-bond acceptors (Lipinski definition) is 4. The molecule has 2 N–H and O–H groups in total. The van der Waals surface area contributed by atoms with Gasteiger partial charge in [0.1, 0.15) is 11.5 Å². The summed E-state index contributed by atoms with van der Waals surface area (Å²) in [7, 11) is 1.54. The molecule has 0 aromatic heterocycles. The summed E-state index contributed by atoms with van der Waals surface area (Å²) >= 11 is 0. The van der Waals surface area contributed by atoms with E-state index in [0.717, 1.165) is 12.1 Å². The number of aliphatic hydroxyl groups excluding tert-OH is 1. The van der Waals surface area contributed by atoms with Gasteiger partial charge in [-0.25, -0.2) is 0 Å². The molecule has 1 atom stereocenters. The van der Waals surface area contributed by atoms with Gasteiger partial charge in [0.25, 0.3) is 0 Å². The number of benzene rings is 2.